The van der Waals surface area contributed by atoms with Gasteiger partial charge < -0.3 is 9.64 Å². The molecule has 23 heavy (non-hydrogen) atoms. The summed E-state index contributed by atoms with van der Waals surface area (Å²) in [5, 5.41) is 1.09. The number of piperidine rings is 1. The Hall–Kier alpha value is -1.80. The highest BCUT2D eigenvalue weighted by molar-refractivity contribution is 5.75. The fourth-order valence-electron chi connectivity index (χ4n) is 2.88. The molecule has 2 atom stereocenters. The second kappa shape index (κ2) is 5.68. The standard InChI is InChI=1S/C15H17F3N2O3/c1-22-14(15(16,17)18)8-5-9-19(10-14)13(21)20-12(23-20)11-6-3-2-4-7-11/h2-4,6-7,12H,5,8-10H2,1H3. The van der Waals surface area contributed by atoms with Crippen LogP contribution >= 0.6 is 0 Å². The molecule has 0 radical (unpaired) electrons. The summed E-state index contributed by atoms with van der Waals surface area (Å²) in [6.07, 6.45) is -4.99. The second-order valence-corrected chi connectivity index (χ2v) is 5.70. The number of urea groups is 1. The van der Waals surface area contributed by atoms with E-state index in [1.54, 1.807) is 24.3 Å². The van der Waals surface area contributed by atoms with Crippen molar-refractivity contribution in [3.63, 3.8) is 0 Å². The van der Waals surface area contributed by atoms with Crippen molar-refractivity contribution in [2.75, 3.05) is 20.2 Å². The molecule has 5 nitrogen and oxygen atoms in total. The van der Waals surface area contributed by atoms with E-state index in [4.69, 9.17) is 9.57 Å². The fourth-order valence-corrected chi connectivity index (χ4v) is 2.88. The number of rotatable bonds is 2. The summed E-state index contributed by atoms with van der Waals surface area (Å²) in [5.74, 6) is 0. The molecule has 2 fully saturated rings. The summed E-state index contributed by atoms with van der Waals surface area (Å²) in [4.78, 5) is 18.7. The smallest absolute Gasteiger partial charge is 0.367 e. The van der Waals surface area contributed by atoms with Crippen LogP contribution in [0.25, 0.3) is 0 Å². The Balaban J connectivity index is 1.69. The number of hydrogen-bond acceptors (Lipinski definition) is 3. The number of hydroxylamine groups is 2. The van der Waals surface area contributed by atoms with E-state index in [0.717, 1.165) is 22.6 Å². The molecule has 2 aliphatic heterocycles. The van der Waals surface area contributed by atoms with Gasteiger partial charge in [0.1, 0.15) is 0 Å². The van der Waals surface area contributed by atoms with Crippen LogP contribution in [0.3, 0.4) is 0 Å². The van der Waals surface area contributed by atoms with Crippen molar-refractivity contribution in [3.05, 3.63) is 35.9 Å². The molecule has 126 valence electrons. The molecule has 2 amide bonds. The molecule has 0 N–H and O–H groups in total. The van der Waals surface area contributed by atoms with E-state index < -0.39 is 30.6 Å². The lowest BCUT2D eigenvalue weighted by molar-refractivity contribution is -0.281. The van der Waals surface area contributed by atoms with Gasteiger partial charge >= 0.3 is 12.2 Å². The minimum atomic E-state index is -4.53. The summed E-state index contributed by atoms with van der Waals surface area (Å²) in [6, 6.07) is 8.47. The third-order valence-electron chi connectivity index (χ3n) is 4.29. The van der Waals surface area contributed by atoms with Gasteiger partial charge in [0, 0.05) is 19.2 Å². The highest BCUT2D eigenvalue weighted by Crippen LogP contribution is 2.42. The van der Waals surface area contributed by atoms with E-state index in [1.165, 1.54) is 0 Å². The van der Waals surface area contributed by atoms with Crippen LogP contribution < -0.4 is 0 Å². The summed E-state index contributed by atoms with van der Waals surface area (Å²) in [5.41, 5.74) is -1.52. The zero-order chi connectivity index (χ0) is 16.7. The molecule has 2 unspecified atom stereocenters. The first-order valence-electron chi connectivity index (χ1n) is 7.30. The Labute approximate surface area is 131 Å². The Morgan fingerprint density at radius 3 is 2.65 bits per heavy atom. The molecule has 0 aliphatic carbocycles. The van der Waals surface area contributed by atoms with Gasteiger partial charge in [0.25, 0.3) is 0 Å². The number of carbonyl (C=O) groups is 1. The minimum Gasteiger partial charge on any atom is -0.367 e. The zero-order valence-electron chi connectivity index (χ0n) is 12.5. The van der Waals surface area contributed by atoms with Crippen molar-refractivity contribution in [1.82, 2.24) is 9.96 Å². The lowest BCUT2D eigenvalue weighted by Gasteiger charge is -2.42. The molecule has 0 aromatic heterocycles. The first-order valence-corrected chi connectivity index (χ1v) is 7.30. The Kier molecular flexibility index (Phi) is 3.97. The fraction of sp³-hybridized carbons (Fsp3) is 0.533. The third kappa shape index (κ3) is 2.88. The molecule has 8 heteroatoms. The predicted molar refractivity (Wildman–Crippen MR) is 74.1 cm³/mol. The lowest BCUT2D eigenvalue weighted by Crippen LogP contribution is -2.59. The van der Waals surface area contributed by atoms with Crippen molar-refractivity contribution < 1.29 is 27.5 Å². The number of benzene rings is 1. The number of likely N-dealkylation sites (tertiary alicyclic amines) is 1. The van der Waals surface area contributed by atoms with Crippen molar-refractivity contribution in [3.8, 4) is 0 Å². The maximum Gasteiger partial charge on any atom is 0.419 e. The van der Waals surface area contributed by atoms with Crippen LogP contribution in [-0.2, 0) is 9.57 Å². The van der Waals surface area contributed by atoms with Gasteiger partial charge in [-0.25, -0.2) is 9.63 Å². The maximum atomic E-state index is 13.3. The molecular formula is C15H17F3N2O3. The van der Waals surface area contributed by atoms with E-state index in [2.05, 4.69) is 0 Å². The van der Waals surface area contributed by atoms with Crippen LogP contribution in [0.15, 0.2) is 30.3 Å². The van der Waals surface area contributed by atoms with Crippen LogP contribution in [-0.4, -0.2) is 48.0 Å². The minimum absolute atomic E-state index is 0.153. The summed E-state index contributed by atoms with van der Waals surface area (Å²) < 4.78 is 44.6. The van der Waals surface area contributed by atoms with Gasteiger partial charge in [-0.05, 0) is 12.8 Å². The quantitative estimate of drug-likeness (QED) is 0.783. The summed E-state index contributed by atoms with van der Waals surface area (Å²) in [6.45, 7) is -0.269. The highest BCUT2D eigenvalue weighted by atomic mass is 19.4. The van der Waals surface area contributed by atoms with Crippen molar-refractivity contribution in [2.24, 2.45) is 0 Å². The molecule has 3 rings (SSSR count). The Morgan fingerprint density at radius 2 is 2.04 bits per heavy atom. The molecule has 0 saturated carbocycles. The van der Waals surface area contributed by atoms with Gasteiger partial charge in [0.2, 0.25) is 6.23 Å². The van der Waals surface area contributed by atoms with E-state index >= 15 is 0 Å². The van der Waals surface area contributed by atoms with E-state index in [-0.39, 0.29) is 19.4 Å². The van der Waals surface area contributed by atoms with Gasteiger partial charge in [-0.15, -0.1) is 0 Å². The number of amides is 2. The maximum absolute atomic E-state index is 13.3. The SMILES string of the molecule is COC1(C(F)(F)F)CCCN(C(=O)N2OC2c2ccccc2)C1. The molecule has 0 bridgehead atoms. The number of alkyl halides is 3. The van der Waals surface area contributed by atoms with Crippen LogP contribution in [0.2, 0.25) is 0 Å². The molecule has 2 heterocycles. The van der Waals surface area contributed by atoms with Crippen LogP contribution in [0, 0.1) is 0 Å². The largest absolute Gasteiger partial charge is 0.419 e. The second-order valence-electron chi connectivity index (χ2n) is 5.70. The molecule has 1 aromatic carbocycles. The average molecular weight is 330 g/mol. The van der Waals surface area contributed by atoms with Crippen molar-refractivity contribution in [1.29, 1.82) is 0 Å². The highest BCUT2D eigenvalue weighted by Gasteiger charge is 2.59. The zero-order valence-corrected chi connectivity index (χ0v) is 12.5. The Bertz CT molecular complexity index is 581. The number of hydrogen-bond donors (Lipinski definition) is 0. The van der Waals surface area contributed by atoms with Gasteiger partial charge in [-0.3, -0.25) is 0 Å². The molecule has 2 aliphatic rings. The van der Waals surface area contributed by atoms with Crippen molar-refractivity contribution in [2.45, 2.75) is 30.8 Å². The van der Waals surface area contributed by atoms with E-state index in [1.807, 2.05) is 6.07 Å². The molecule has 0 spiro atoms. The normalized spacial score (nSPS) is 27.9. The van der Waals surface area contributed by atoms with Gasteiger partial charge in [0.15, 0.2) is 5.60 Å². The van der Waals surface area contributed by atoms with Gasteiger partial charge in [0.05, 0.1) is 6.54 Å². The van der Waals surface area contributed by atoms with E-state index in [9.17, 15) is 18.0 Å². The first-order chi connectivity index (χ1) is 10.9. The molecule has 1 aromatic rings. The monoisotopic (exact) mass is 330 g/mol. The van der Waals surface area contributed by atoms with Gasteiger partial charge in [-0.1, -0.05) is 30.3 Å². The average Bonchev–Trinajstić information content (AvgIpc) is 3.34. The van der Waals surface area contributed by atoms with Crippen LogP contribution in [0.4, 0.5) is 18.0 Å². The van der Waals surface area contributed by atoms with Crippen molar-refractivity contribution >= 4 is 6.03 Å². The third-order valence-corrected chi connectivity index (χ3v) is 4.29. The number of halogens is 3. The van der Waals surface area contributed by atoms with Gasteiger partial charge in [-0.2, -0.15) is 18.2 Å². The summed E-state index contributed by atoms with van der Waals surface area (Å²) >= 11 is 0. The number of carbonyl (C=O) groups excluding carboxylic acids is 1. The molecular weight excluding hydrogens is 313 g/mol. The number of nitrogens with zero attached hydrogens (tertiary/aromatic N) is 2. The molecule has 2 saturated heterocycles. The summed E-state index contributed by atoms with van der Waals surface area (Å²) in [7, 11) is 1.03. The predicted octanol–water partition coefficient (Wildman–Crippen LogP) is 3.10. The van der Waals surface area contributed by atoms with Crippen LogP contribution in [0.5, 0.6) is 0 Å². The Morgan fingerprint density at radius 1 is 1.35 bits per heavy atom. The lowest BCUT2D eigenvalue weighted by atomic mass is 9.92. The number of ether oxygens (including phenoxy) is 1. The topological polar surface area (TPSA) is 45.1 Å². The first kappa shape index (κ1) is 16.1. The van der Waals surface area contributed by atoms with Crippen LogP contribution in [0.1, 0.15) is 24.6 Å². The van der Waals surface area contributed by atoms with E-state index in [0.29, 0.717) is 0 Å². The number of methoxy groups -OCH3 is 1.